The molecule has 4 nitrogen and oxygen atoms in total. The fraction of sp³-hybridized carbons (Fsp3) is 0.562. The lowest BCUT2D eigenvalue weighted by Crippen LogP contribution is -2.52. The molecule has 2 rings (SSSR count). The zero-order chi connectivity index (χ0) is 14.6. The molecule has 0 aromatic heterocycles. The lowest BCUT2D eigenvalue weighted by Gasteiger charge is -2.34. The molecule has 1 atom stereocenters. The maximum absolute atomic E-state index is 11.8. The Kier molecular flexibility index (Phi) is 4.78. The van der Waals surface area contributed by atoms with Crippen molar-refractivity contribution >= 4 is 5.91 Å². The van der Waals surface area contributed by atoms with Crippen LogP contribution in [0.1, 0.15) is 32.3 Å². The first-order valence-electron chi connectivity index (χ1n) is 7.25. The molecule has 1 saturated heterocycles. The number of likely N-dealkylation sites (tertiary alicyclic amines) is 1. The van der Waals surface area contributed by atoms with Gasteiger partial charge in [-0.2, -0.15) is 0 Å². The molecule has 0 saturated carbocycles. The van der Waals surface area contributed by atoms with Crippen molar-refractivity contribution in [3.05, 3.63) is 35.9 Å². The van der Waals surface area contributed by atoms with E-state index in [9.17, 15) is 9.90 Å². The van der Waals surface area contributed by atoms with E-state index in [0.29, 0.717) is 0 Å². The quantitative estimate of drug-likeness (QED) is 0.877. The number of rotatable bonds is 4. The second-order valence-electron chi connectivity index (χ2n) is 6.09. The first-order valence-corrected chi connectivity index (χ1v) is 7.25. The first-order chi connectivity index (χ1) is 9.45. The second kappa shape index (κ2) is 6.37. The van der Waals surface area contributed by atoms with E-state index in [1.165, 1.54) is 19.4 Å². The number of carbonyl (C=O) groups excluding carboxylic acids is 1. The summed E-state index contributed by atoms with van der Waals surface area (Å²) in [5, 5.41) is 12.6. The molecule has 2 N–H and O–H groups in total. The van der Waals surface area contributed by atoms with Crippen LogP contribution in [0.2, 0.25) is 0 Å². The van der Waals surface area contributed by atoms with E-state index in [0.717, 1.165) is 32.5 Å². The minimum Gasteiger partial charge on any atom is -0.381 e. The number of aliphatic hydroxyl groups is 1. The molecule has 1 heterocycles. The molecule has 0 bridgehead atoms. The van der Waals surface area contributed by atoms with Crippen molar-refractivity contribution in [3.8, 4) is 0 Å². The minimum absolute atomic E-state index is 0.131. The van der Waals surface area contributed by atoms with Gasteiger partial charge in [0.2, 0.25) is 0 Å². The highest BCUT2D eigenvalue weighted by Gasteiger charge is 2.28. The second-order valence-corrected chi connectivity index (χ2v) is 6.09. The van der Waals surface area contributed by atoms with Gasteiger partial charge in [0, 0.05) is 19.1 Å². The van der Waals surface area contributed by atoms with Crippen LogP contribution in [-0.2, 0) is 11.3 Å². The Morgan fingerprint density at radius 1 is 1.40 bits per heavy atom. The number of hydrogen-bond acceptors (Lipinski definition) is 3. The van der Waals surface area contributed by atoms with Crippen molar-refractivity contribution in [2.24, 2.45) is 0 Å². The Morgan fingerprint density at radius 3 is 2.75 bits per heavy atom. The van der Waals surface area contributed by atoms with Crippen LogP contribution in [0, 0.1) is 0 Å². The van der Waals surface area contributed by atoms with Crippen LogP contribution in [0.5, 0.6) is 0 Å². The standard InChI is InChI=1S/C16H24N2O2/c1-16(2,20)15(19)17-14-9-6-10-18(12-14)11-13-7-4-3-5-8-13/h3-5,7-8,14,20H,6,9-12H2,1-2H3,(H,17,19). The number of nitrogens with one attached hydrogen (secondary N) is 1. The third kappa shape index (κ3) is 4.32. The SMILES string of the molecule is CC(C)(O)C(=O)NC1CCCN(Cc2ccccc2)C1. The van der Waals surface area contributed by atoms with Crippen LogP contribution in [-0.4, -0.2) is 40.6 Å². The van der Waals surface area contributed by atoms with E-state index in [1.54, 1.807) is 0 Å². The van der Waals surface area contributed by atoms with Crippen molar-refractivity contribution in [3.63, 3.8) is 0 Å². The fourth-order valence-electron chi connectivity index (χ4n) is 2.52. The highest BCUT2D eigenvalue weighted by Crippen LogP contribution is 2.14. The van der Waals surface area contributed by atoms with E-state index in [1.807, 2.05) is 18.2 Å². The Morgan fingerprint density at radius 2 is 2.10 bits per heavy atom. The van der Waals surface area contributed by atoms with E-state index in [4.69, 9.17) is 0 Å². The van der Waals surface area contributed by atoms with Crippen molar-refractivity contribution in [1.29, 1.82) is 0 Å². The van der Waals surface area contributed by atoms with Gasteiger partial charge in [-0.15, -0.1) is 0 Å². The molecule has 4 heteroatoms. The number of carbonyl (C=O) groups is 1. The summed E-state index contributed by atoms with van der Waals surface area (Å²) >= 11 is 0. The smallest absolute Gasteiger partial charge is 0.251 e. The minimum atomic E-state index is -1.30. The Labute approximate surface area is 120 Å². The van der Waals surface area contributed by atoms with Gasteiger partial charge in [0.25, 0.3) is 5.91 Å². The monoisotopic (exact) mass is 276 g/mol. The highest BCUT2D eigenvalue weighted by molar-refractivity contribution is 5.84. The zero-order valence-corrected chi connectivity index (χ0v) is 12.3. The Balaban J connectivity index is 1.87. The Bertz CT molecular complexity index is 440. The summed E-state index contributed by atoms with van der Waals surface area (Å²) < 4.78 is 0. The fourth-order valence-corrected chi connectivity index (χ4v) is 2.52. The average Bonchev–Trinajstić information content (AvgIpc) is 2.39. The van der Waals surface area contributed by atoms with Crippen molar-refractivity contribution in [2.45, 2.75) is 44.9 Å². The van der Waals surface area contributed by atoms with Gasteiger partial charge in [0.15, 0.2) is 0 Å². The summed E-state index contributed by atoms with van der Waals surface area (Å²) in [4.78, 5) is 14.2. The van der Waals surface area contributed by atoms with Gasteiger partial charge in [-0.25, -0.2) is 0 Å². The molecular formula is C16H24N2O2. The van der Waals surface area contributed by atoms with Gasteiger partial charge in [-0.05, 0) is 38.8 Å². The zero-order valence-electron chi connectivity index (χ0n) is 12.3. The molecule has 1 unspecified atom stereocenters. The van der Waals surface area contributed by atoms with Crippen LogP contribution in [0.4, 0.5) is 0 Å². The summed E-state index contributed by atoms with van der Waals surface area (Å²) in [7, 11) is 0. The summed E-state index contributed by atoms with van der Waals surface area (Å²) in [6, 6.07) is 10.5. The summed E-state index contributed by atoms with van der Waals surface area (Å²) in [5.41, 5.74) is -0.0104. The molecule has 1 aliphatic heterocycles. The molecule has 1 aliphatic rings. The van der Waals surface area contributed by atoms with Crippen molar-refractivity contribution in [1.82, 2.24) is 10.2 Å². The summed E-state index contributed by atoms with van der Waals surface area (Å²) in [5.74, 6) is -0.288. The van der Waals surface area contributed by atoms with E-state index >= 15 is 0 Å². The third-order valence-corrected chi connectivity index (χ3v) is 3.65. The number of hydrogen-bond donors (Lipinski definition) is 2. The molecule has 0 spiro atoms. The molecule has 0 aliphatic carbocycles. The van der Waals surface area contributed by atoms with Crippen LogP contribution >= 0.6 is 0 Å². The topological polar surface area (TPSA) is 52.6 Å². The molecule has 1 fully saturated rings. The van der Waals surface area contributed by atoms with Gasteiger partial charge >= 0.3 is 0 Å². The van der Waals surface area contributed by atoms with Crippen LogP contribution in [0.3, 0.4) is 0 Å². The number of nitrogens with zero attached hydrogens (tertiary/aromatic N) is 1. The molecule has 1 amide bonds. The lowest BCUT2D eigenvalue weighted by atomic mass is 10.0. The van der Waals surface area contributed by atoms with Gasteiger partial charge in [-0.1, -0.05) is 30.3 Å². The van der Waals surface area contributed by atoms with Gasteiger partial charge < -0.3 is 10.4 Å². The molecule has 1 aromatic carbocycles. The summed E-state index contributed by atoms with van der Waals surface area (Å²) in [6.07, 6.45) is 2.05. The maximum Gasteiger partial charge on any atom is 0.251 e. The molecule has 1 aromatic rings. The predicted octanol–water partition coefficient (Wildman–Crippen LogP) is 1.54. The van der Waals surface area contributed by atoms with Crippen molar-refractivity contribution < 1.29 is 9.90 Å². The summed E-state index contributed by atoms with van der Waals surface area (Å²) in [6.45, 7) is 5.86. The molecule has 20 heavy (non-hydrogen) atoms. The number of piperidine rings is 1. The number of benzene rings is 1. The van der Waals surface area contributed by atoms with Crippen LogP contribution in [0.15, 0.2) is 30.3 Å². The highest BCUT2D eigenvalue weighted by atomic mass is 16.3. The maximum atomic E-state index is 11.8. The predicted molar refractivity (Wildman–Crippen MR) is 79.2 cm³/mol. The molecule has 0 radical (unpaired) electrons. The van der Waals surface area contributed by atoms with E-state index < -0.39 is 5.60 Å². The molecule has 110 valence electrons. The van der Waals surface area contributed by atoms with Gasteiger partial charge in [-0.3, -0.25) is 9.69 Å². The Hall–Kier alpha value is -1.39. The number of amides is 1. The third-order valence-electron chi connectivity index (χ3n) is 3.65. The van der Waals surface area contributed by atoms with E-state index in [2.05, 4.69) is 22.3 Å². The molecular weight excluding hydrogens is 252 g/mol. The van der Waals surface area contributed by atoms with Crippen LogP contribution < -0.4 is 5.32 Å². The van der Waals surface area contributed by atoms with E-state index in [-0.39, 0.29) is 11.9 Å². The van der Waals surface area contributed by atoms with Crippen molar-refractivity contribution in [2.75, 3.05) is 13.1 Å². The lowest BCUT2D eigenvalue weighted by molar-refractivity contribution is -0.137. The average molecular weight is 276 g/mol. The first kappa shape index (κ1) is 15.0. The van der Waals surface area contributed by atoms with Gasteiger partial charge in [0.1, 0.15) is 5.60 Å². The largest absolute Gasteiger partial charge is 0.381 e. The van der Waals surface area contributed by atoms with Crippen LogP contribution in [0.25, 0.3) is 0 Å². The van der Waals surface area contributed by atoms with Gasteiger partial charge in [0.05, 0.1) is 0 Å². The normalized spacial score (nSPS) is 20.6.